The second-order valence-electron chi connectivity index (χ2n) is 6.43. The summed E-state index contributed by atoms with van der Waals surface area (Å²) in [6, 6.07) is 0. The molecule has 2 aliphatic rings. The van der Waals surface area contributed by atoms with E-state index in [1.807, 2.05) is 11.8 Å². The molecule has 0 unspecified atom stereocenters. The number of alkyl halides is 2. The van der Waals surface area contributed by atoms with Gasteiger partial charge in [0, 0.05) is 37.8 Å². The Bertz CT molecular complexity index is 577. The maximum Gasteiger partial charge on any atom is 0.291 e. The molecule has 0 bridgehead atoms. The number of hydrogen-bond acceptors (Lipinski definition) is 3. The third kappa shape index (κ3) is 2.80. The van der Waals surface area contributed by atoms with Crippen molar-refractivity contribution >= 4 is 5.82 Å². The first kappa shape index (κ1) is 14.5. The molecule has 116 valence electrons. The first-order chi connectivity index (χ1) is 9.93. The predicted octanol–water partition coefficient (Wildman–Crippen LogP) is 2.74. The molecule has 2 fully saturated rings. The van der Waals surface area contributed by atoms with Crippen LogP contribution in [0.15, 0.2) is 11.0 Å². The van der Waals surface area contributed by atoms with Crippen molar-refractivity contribution in [3.8, 4) is 0 Å². The van der Waals surface area contributed by atoms with Crippen LogP contribution in [0, 0.1) is 5.41 Å². The summed E-state index contributed by atoms with van der Waals surface area (Å²) in [5.74, 6) is -2.08. The van der Waals surface area contributed by atoms with Gasteiger partial charge in [-0.05, 0) is 31.1 Å². The summed E-state index contributed by atoms with van der Waals surface area (Å²) in [6.07, 6.45) is 4.49. The highest BCUT2D eigenvalue weighted by Crippen LogP contribution is 2.52. The molecular formula is C15H21F2N3O. The van der Waals surface area contributed by atoms with Gasteiger partial charge in [-0.2, -0.15) is 0 Å². The lowest BCUT2D eigenvalue weighted by Gasteiger charge is -2.39. The first-order valence-corrected chi connectivity index (χ1v) is 7.64. The van der Waals surface area contributed by atoms with E-state index in [-0.39, 0.29) is 23.8 Å². The van der Waals surface area contributed by atoms with E-state index in [1.165, 1.54) is 0 Å². The van der Waals surface area contributed by atoms with Crippen molar-refractivity contribution in [1.82, 2.24) is 9.97 Å². The zero-order valence-electron chi connectivity index (χ0n) is 12.3. The molecule has 1 aliphatic heterocycles. The third-order valence-corrected chi connectivity index (χ3v) is 4.98. The van der Waals surface area contributed by atoms with Gasteiger partial charge in [-0.1, -0.05) is 6.92 Å². The summed E-state index contributed by atoms with van der Waals surface area (Å²) in [4.78, 5) is 21.0. The van der Waals surface area contributed by atoms with Crippen molar-refractivity contribution in [2.75, 3.05) is 18.0 Å². The molecule has 4 nitrogen and oxygen atoms in total. The molecular weight excluding hydrogens is 276 g/mol. The molecule has 1 aromatic heterocycles. The van der Waals surface area contributed by atoms with E-state index in [2.05, 4.69) is 9.97 Å². The van der Waals surface area contributed by atoms with Crippen LogP contribution in [0.2, 0.25) is 0 Å². The van der Waals surface area contributed by atoms with Gasteiger partial charge in [0.05, 0.1) is 0 Å². The summed E-state index contributed by atoms with van der Waals surface area (Å²) in [6.45, 7) is 3.23. The maximum absolute atomic E-state index is 13.5. The van der Waals surface area contributed by atoms with E-state index in [1.54, 1.807) is 6.20 Å². The minimum absolute atomic E-state index is 0.00635. The van der Waals surface area contributed by atoms with Crippen molar-refractivity contribution < 1.29 is 8.78 Å². The molecule has 1 aromatic rings. The Morgan fingerprint density at radius 2 is 2.00 bits per heavy atom. The molecule has 1 saturated carbocycles. The van der Waals surface area contributed by atoms with Gasteiger partial charge >= 0.3 is 0 Å². The van der Waals surface area contributed by atoms with E-state index < -0.39 is 5.92 Å². The number of hydrogen-bond donors (Lipinski definition) is 1. The van der Waals surface area contributed by atoms with E-state index in [0.717, 1.165) is 25.0 Å². The van der Waals surface area contributed by atoms with Crippen LogP contribution in [-0.2, 0) is 6.42 Å². The Balaban J connectivity index is 1.70. The topological polar surface area (TPSA) is 49.0 Å². The van der Waals surface area contributed by atoms with Gasteiger partial charge in [-0.15, -0.1) is 0 Å². The highest BCUT2D eigenvalue weighted by molar-refractivity contribution is 5.36. The van der Waals surface area contributed by atoms with Gasteiger partial charge in [0.2, 0.25) is 5.92 Å². The van der Waals surface area contributed by atoms with Crippen LogP contribution in [0.3, 0.4) is 0 Å². The molecule has 1 spiro atoms. The quantitative estimate of drug-likeness (QED) is 0.913. The van der Waals surface area contributed by atoms with Crippen LogP contribution < -0.4 is 10.5 Å². The number of halogens is 2. The largest absolute Gasteiger partial charge is 0.352 e. The smallest absolute Gasteiger partial charge is 0.291 e. The van der Waals surface area contributed by atoms with Gasteiger partial charge in [0.15, 0.2) is 5.82 Å². The fraction of sp³-hybridized carbons (Fsp3) is 0.733. The number of nitrogens with zero attached hydrogens (tertiary/aromatic N) is 2. The molecule has 1 N–H and O–H groups in total. The Labute approximate surface area is 122 Å². The third-order valence-electron chi connectivity index (χ3n) is 4.98. The minimum atomic E-state index is -2.50. The summed E-state index contributed by atoms with van der Waals surface area (Å²) in [7, 11) is 0. The van der Waals surface area contributed by atoms with Gasteiger partial charge < -0.3 is 9.88 Å². The van der Waals surface area contributed by atoms with Gasteiger partial charge in [0.25, 0.3) is 5.56 Å². The van der Waals surface area contributed by atoms with Crippen LogP contribution >= 0.6 is 0 Å². The maximum atomic E-state index is 13.5. The highest BCUT2D eigenvalue weighted by atomic mass is 19.3. The highest BCUT2D eigenvalue weighted by Gasteiger charge is 2.50. The van der Waals surface area contributed by atoms with Crippen molar-refractivity contribution in [3.63, 3.8) is 0 Å². The fourth-order valence-corrected chi connectivity index (χ4v) is 3.63. The molecule has 0 amide bonds. The number of aromatic amines is 1. The van der Waals surface area contributed by atoms with Crippen molar-refractivity contribution in [2.45, 2.75) is 51.4 Å². The number of rotatable bonds is 2. The number of piperidine rings is 1. The van der Waals surface area contributed by atoms with E-state index >= 15 is 0 Å². The monoisotopic (exact) mass is 297 g/mol. The number of aromatic nitrogens is 2. The normalized spacial score (nSPS) is 23.7. The van der Waals surface area contributed by atoms with E-state index in [4.69, 9.17) is 0 Å². The second-order valence-corrected chi connectivity index (χ2v) is 6.43. The summed E-state index contributed by atoms with van der Waals surface area (Å²) in [5.41, 5.74) is 0.408. The lowest BCUT2D eigenvalue weighted by atomic mass is 9.77. The zero-order chi connectivity index (χ0) is 15.1. The Morgan fingerprint density at radius 1 is 1.29 bits per heavy atom. The summed E-state index contributed by atoms with van der Waals surface area (Å²) >= 11 is 0. The average molecular weight is 297 g/mol. The molecule has 2 heterocycles. The molecule has 0 atom stereocenters. The Hall–Kier alpha value is -1.46. The van der Waals surface area contributed by atoms with E-state index in [0.29, 0.717) is 25.3 Å². The van der Waals surface area contributed by atoms with Crippen LogP contribution in [0.1, 0.15) is 44.7 Å². The average Bonchev–Trinajstić information content (AvgIpc) is 2.75. The number of aryl methyl sites for hydroxylation is 1. The second kappa shape index (κ2) is 5.07. The van der Waals surface area contributed by atoms with Gasteiger partial charge in [-0.3, -0.25) is 4.79 Å². The summed E-state index contributed by atoms with van der Waals surface area (Å²) in [5, 5.41) is 0. The molecule has 1 saturated heterocycles. The lowest BCUT2D eigenvalue weighted by molar-refractivity contribution is -0.00683. The fourth-order valence-electron chi connectivity index (χ4n) is 3.63. The Morgan fingerprint density at radius 3 is 2.52 bits per heavy atom. The standard InChI is InChI=1S/C15H21F2N3O/c1-2-11-9-18-12(13(21)19-11)20-7-5-14(6-8-20)3-4-15(16,17)10-14/h9H,2-8,10H2,1H3,(H,19,21). The van der Waals surface area contributed by atoms with Crippen LogP contribution in [-0.4, -0.2) is 29.0 Å². The summed E-state index contributed by atoms with van der Waals surface area (Å²) < 4.78 is 26.9. The number of H-pyrrole nitrogens is 1. The van der Waals surface area contributed by atoms with Crippen molar-refractivity contribution in [3.05, 3.63) is 22.2 Å². The van der Waals surface area contributed by atoms with Crippen LogP contribution in [0.4, 0.5) is 14.6 Å². The molecule has 3 rings (SSSR count). The molecule has 6 heteroatoms. The lowest BCUT2D eigenvalue weighted by Crippen LogP contribution is -2.42. The SMILES string of the molecule is CCc1cnc(N2CCC3(CC2)CCC(F)(F)C3)c(=O)[nH]1. The predicted molar refractivity (Wildman–Crippen MR) is 76.9 cm³/mol. The molecule has 1 aliphatic carbocycles. The number of anilines is 1. The molecule has 21 heavy (non-hydrogen) atoms. The van der Waals surface area contributed by atoms with Crippen LogP contribution in [0.5, 0.6) is 0 Å². The van der Waals surface area contributed by atoms with Crippen molar-refractivity contribution in [2.24, 2.45) is 5.41 Å². The first-order valence-electron chi connectivity index (χ1n) is 7.64. The zero-order valence-corrected chi connectivity index (χ0v) is 12.3. The van der Waals surface area contributed by atoms with Gasteiger partial charge in [0.1, 0.15) is 0 Å². The number of nitrogens with one attached hydrogen (secondary N) is 1. The van der Waals surface area contributed by atoms with Crippen LogP contribution in [0.25, 0.3) is 0 Å². The molecule has 0 aromatic carbocycles. The molecule has 0 radical (unpaired) electrons. The van der Waals surface area contributed by atoms with E-state index in [9.17, 15) is 13.6 Å². The minimum Gasteiger partial charge on any atom is -0.352 e. The van der Waals surface area contributed by atoms with Gasteiger partial charge in [-0.25, -0.2) is 13.8 Å². The Kier molecular flexibility index (Phi) is 3.50. The van der Waals surface area contributed by atoms with Crippen molar-refractivity contribution in [1.29, 1.82) is 0 Å².